The van der Waals surface area contributed by atoms with Crippen LogP contribution in [0.4, 0.5) is 0 Å². The molecule has 0 N–H and O–H groups in total. The van der Waals surface area contributed by atoms with E-state index in [-0.39, 0.29) is 12.0 Å². The molecule has 5 nitrogen and oxygen atoms in total. The molecule has 2 heterocycles. The molecule has 2 rings (SSSR count). The van der Waals surface area contributed by atoms with Crippen molar-refractivity contribution in [1.82, 2.24) is 14.7 Å². The van der Waals surface area contributed by atoms with Crippen molar-refractivity contribution in [2.45, 2.75) is 13.0 Å². The molecule has 0 spiro atoms. The summed E-state index contributed by atoms with van der Waals surface area (Å²) in [5.74, 6) is 0.0462. The van der Waals surface area contributed by atoms with Crippen LogP contribution in [0.5, 0.6) is 0 Å². The summed E-state index contributed by atoms with van der Waals surface area (Å²) in [6.07, 6.45) is 1.86. The van der Waals surface area contributed by atoms with Crippen molar-refractivity contribution in [3.8, 4) is 0 Å². The van der Waals surface area contributed by atoms with Gasteiger partial charge in [-0.2, -0.15) is 5.10 Å². The van der Waals surface area contributed by atoms with Crippen LogP contribution in [0.25, 0.3) is 0 Å². The third-order valence-corrected chi connectivity index (χ3v) is 3.56. The van der Waals surface area contributed by atoms with Crippen LogP contribution >= 0.6 is 15.9 Å². The number of ether oxygens (including phenoxy) is 1. The number of carbonyl (C=O) groups is 1. The van der Waals surface area contributed by atoms with Crippen molar-refractivity contribution >= 4 is 21.8 Å². The van der Waals surface area contributed by atoms with E-state index in [1.165, 1.54) is 0 Å². The maximum atomic E-state index is 12.3. The van der Waals surface area contributed by atoms with Crippen LogP contribution in [0.15, 0.2) is 6.20 Å². The zero-order valence-electron chi connectivity index (χ0n) is 10.0. The lowest BCUT2D eigenvalue weighted by Gasteiger charge is -2.32. The Morgan fingerprint density at radius 1 is 1.71 bits per heavy atom. The second kappa shape index (κ2) is 5.18. The lowest BCUT2D eigenvalue weighted by Crippen LogP contribution is -2.46. The minimum Gasteiger partial charge on any atom is -0.374 e. The van der Waals surface area contributed by atoms with Gasteiger partial charge in [-0.05, 0) is 6.92 Å². The molecule has 0 aromatic carbocycles. The van der Waals surface area contributed by atoms with E-state index in [1.54, 1.807) is 10.9 Å². The van der Waals surface area contributed by atoms with E-state index in [0.29, 0.717) is 25.3 Å². The molecule has 1 fully saturated rings. The first-order valence-corrected chi connectivity index (χ1v) is 6.71. The van der Waals surface area contributed by atoms with E-state index in [1.807, 2.05) is 18.9 Å². The Morgan fingerprint density at radius 3 is 3.06 bits per heavy atom. The third kappa shape index (κ3) is 2.69. The van der Waals surface area contributed by atoms with Crippen LogP contribution in [-0.4, -0.2) is 51.7 Å². The summed E-state index contributed by atoms with van der Waals surface area (Å²) in [5, 5.41) is 4.95. The molecule has 94 valence electrons. The lowest BCUT2D eigenvalue weighted by molar-refractivity contribution is -0.00968. The number of morpholine rings is 1. The van der Waals surface area contributed by atoms with Crippen molar-refractivity contribution in [3.63, 3.8) is 0 Å². The van der Waals surface area contributed by atoms with E-state index in [9.17, 15) is 4.79 Å². The van der Waals surface area contributed by atoms with E-state index in [4.69, 9.17) is 4.74 Å². The van der Waals surface area contributed by atoms with Gasteiger partial charge >= 0.3 is 0 Å². The highest BCUT2D eigenvalue weighted by Crippen LogP contribution is 2.13. The molecule has 1 saturated heterocycles. The van der Waals surface area contributed by atoms with Gasteiger partial charge < -0.3 is 9.64 Å². The maximum Gasteiger partial charge on any atom is 0.257 e. The van der Waals surface area contributed by atoms with Gasteiger partial charge in [0.1, 0.15) is 0 Å². The number of hydrogen-bond acceptors (Lipinski definition) is 3. The molecule has 0 saturated carbocycles. The average molecular weight is 302 g/mol. The molecule has 0 radical (unpaired) electrons. The molecule has 6 heteroatoms. The number of aromatic nitrogens is 2. The predicted molar refractivity (Wildman–Crippen MR) is 67.4 cm³/mol. The molecule has 1 unspecified atom stereocenters. The highest BCUT2D eigenvalue weighted by Gasteiger charge is 2.26. The Hall–Kier alpha value is -0.880. The normalized spacial score (nSPS) is 20.6. The minimum absolute atomic E-state index is 0.0462. The highest BCUT2D eigenvalue weighted by atomic mass is 79.9. The Labute approximate surface area is 109 Å². The topological polar surface area (TPSA) is 47.4 Å². The first-order valence-electron chi connectivity index (χ1n) is 5.59. The fourth-order valence-corrected chi connectivity index (χ4v) is 2.37. The van der Waals surface area contributed by atoms with Crippen molar-refractivity contribution in [3.05, 3.63) is 17.5 Å². The molecule has 1 aromatic heterocycles. The quantitative estimate of drug-likeness (QED) is 0.765. The van der Waals surface area contributed by atoms with E-state index >= 15 is 0 Å². The van der Waals surface area contributed by atoms with Crippen molar-refractivity contribution in [2.75, 3.05) is 25.0 Å². The van der Waals surface area contributed by atoms with Gasteiger partial charge in [0.15, 0.2) is 0 Å². The Kier molecular flexibility index (Phi) is 3.83. The monoisotopic (exact) mass is 301 g/mol. The first-order chi connectivity index (χ1) is 8.11. The summed E-state index contributed by atoms with van der Waals surface area (Å²) >= 11 is 3.38. The number of nitrogens with zero attached hydrogens (tertiary/aromatic N) is 3. The molecule has 0 aliphatic carbocycles. The van der Waals surface area contributed by atoms with E-state index in [2.05, 4.69) is 21.0 Å². The Bertz CT molecular complexity index is 419. The van der Waals surface area contributed by atoms with Gasteiger partial charge in [0.05, 0.1) is 24.0 Å². The zero-order chi connectivity index (χ0) is 12.4. The van der Waals surface area contributed by atoms with Gasteiger partial charge in [-0.25, -0.2) is 0 Å². The van der Waals surface area contributed by atoms with Gasteiger partial charge in [0.25, 0.3) is 5.91 Å². The molecule has 1 atom stereocenters. The third-order valence-electron chi connectivity index (χ3n) is 2.84. The zero-order valence-corrected chi connectivity index (χ0v) is 11.6. The van der Waals surface area contributed by atoms with Crippen molar-refractivity contribution < 1.29 is 9.53 Å². The SMILES string of the molecule is Cc1nn(C)cc1C(=O)N1CCOC(CBr)C1. The summed E-state index contributed by atoms with van der Waals surface area (Å²) in [6, 6.07) is 0. The summed E-state index contributed by atoms with van der Waals surface area (Å²) in [6.45, 7) is 3.74. The molecule has 17 heavy (non-hydrogen) atoms. The summed E-state index contributed by atoms with van der Waals surface area (Å²) in [5.41, 5.74) is 1.46. The fraction of sp³-hybridized carbons (Fsp3) is 0.636. The predicted octanol–water partition coefficient (Wildman–Crippen LogP) is 0.964. The molecule has 1 aliphatic heterocycles. The molecular formula is C11H16BrN3O2. The first kappa shape index (κ1) is 12.6. The molecule has 1 amide bonds. The van der Waals surface area contributed by atoms with Crippen LogP contribution in [0.2, 0.25) is 0 Å². The summed E-state index contributed by atoms with van der Waals surface area (Å²) in [4.78, 5) is 14.1. The number of halogens is 1. The highest BCUT2D eigenvalue weighted by molar-refractivity contribution is 9.09. The standard InChI is InChI=1S/C11H16BrN3O2/c1-8-10(7-14(2)13-8)11(16)15-3-4-17-9(5-12)6-15/h7,9H,3-6H2,1-2H3. The number of rotatable bonds is 2. The minimum atomic E-state index is 0.0462. The average Bonchev–Trinajstić information content (AvgIpc) is 2.67. The van der Waals surface area contributed by atoms with Crippen molar-refractivity contribution in [1.29, 1.82) is 0 Å². The van der Waals surface area contributed by atoms with Crippen LogP contribution in [0, 0.1) is 6.92 Å². The molecule has 1 aliphatic rings. The largest absolute Gasteiger partial charge is 0.374 e. The number of hydrogen-bond donors (Lipinski definition) is 0. The molecular weight excluding hydrogens is 286 g/mol. The number of aryl methyl sites for hydroxylation is 2. The van der Waals surface area contributed by atoms with E-state index in [0.717, 1.165) is 11.0 Å². The second-order valence-corrected chi connectivity index (χ2v) is 4.85. The lowest BCUT2D eigenvalue weighted by atomic mass is 10.2. The smallest absolute Gasteiger partial charge is 0.257 e. The summed E-state index contributed by atoms with van der Waals surface area (Å²) in [7, 11) is 1.82. The van der Waals surface area contributed by atoms with Gasteiger partial charge in [0, 0.05) is 31.7 Å². The molecule has 0 bridgehead atoms. The van der Waals surface area contributed by atoms with Gasteiger partial charge in [-0.15, -0.1) is 0 Å². The van der Waals surface area contributed by atoms with Gasteiger partial charge in [-0.3, -0.25) is 9.48 Å². The Balaban J connectivity index is 2.12. The fourth-order valence-electron chi connectivity index (χ4n) is 1.98. The van der Waals surface area contributed by atoms with E-state index < -0.39 is 0 Å². The number of amides is 1. The van der Waals surface area contributed by atoms with Crippen LogP contribution in [0.1, 0.15) is 16.1 Å². The number of alkyl halides is 1. The molecule has 1 aromatic rings. The van der Waals surface area contributed by atoms with Gasteiger partial charge in [0.2, 0.25) is 0 Å². The van der Waals surface area contributed by atoms with Crippen LogP contribution < -0.4 is 0 Å². The van der Waals surface area contributed by atoms with Gasteiger partial charge in [-0.1, -0.05) is 15.9 Å². The van der Waals surface area contributed by atoms with Crippen LogP contribution in [0.3, 0.4) is 0 Å². The number of carbonyl (C=O) groups excluding carboxylic acids is 1. The maximum absolute atomic E-state index is 12.3. The van der Waals surface area contributed by atoms with Crippen LogP contribution in [-0.2, 0) is 11.8 Å². The Morgan fingerprint density at radius 2 is 2.47 bits per heavy atom. The summed E-state index contributed by atoms with van der Waals surface area (Å²) < 4.78 is 7.19. The van der Waals surface area contributed by atoms with Crippen molar-refractivity contribution in [2.24, 2.45) is 7.05 Å². The second-order valence-electron chi connectivity index (χ2n) is 4.20.